The topological polar surface area (TPSA) is 47.6 Å². The zero-order valence-corrected chi connectivity index (χ0v) is 28.3. The minimum absolute atomic E-state index is 0.281. The average molecular weight is 645 g/mol. The van der Waals surface area contributed by atoms with Crippen LogP contribution in [0, 0.1) is 40.4 Å². The third-order valence-electron chi connectivity index (χ3n) is 11.6. The molecule has 0 saturated carbocycles. The number of allylic oxidation sites excluding steroid dienone is 24. The number of hydrogen-bond acceptors (Lipinski definition) is 2. The monoisotopic (exact) mass is 644 g/mol. The quantitative estimate of drug-likeness (QED) is 0.324. The molecule has 4 unspecified atom stereocenters. The van der Waals surface area contributed by atoms with Crippen molar-refractivity contribution < 1.29 is 0 Å². The Morgan fingerprint density at radius 2 is 1.28 bits per heavy atom. The molecule has 0 aliphatic heterocycles. The van der Waals surface area contributed by atoms with Crippen molar-refractivity contribution in [1.29, 1.82) is 10.7 Å². The van der Waals surface area contributed by atoms with Crippen molar-refractivity contribution in [2.75, 3.05) is 0 Å². The molecule has 9 rings (SSSR count). The van der Waals surface area contributed by atoms with E-state index in [0.717, 1.165) is 55.2 Å². The molecule has 2 nitrogen and oxygen atoms in total. The molecule has 2 aromatic rings. The summed E-state index contributed by atoms with van der Waals surface area (Å²) in [6.45, 7) is 0. The van der Waals surface area contributed by atoms with Crippen LogP contribution in [0.5, 0.6) is 0 Å². The Kier molecular flexibility index (Phi) is 7.78. The Balaban J connectivity index is 1.14. The van der Waals surface area contributed by atoms with Gasteiger partial charge in [-0.05, 0) is 129 Å². The predicted molar refractivity (Wildman–Crippen MR) is 207 cm³/mol. The molecule has 7 aliphatic rings. The SMILES string of the molecule is N#CC1=CC(c2cccc(C3=CC4=C(C5=C(C=C(C6=CC(c7cccc(C=N)c7)=CCC6)CC5)C5C=CC=CC45)C4C=CC=CC34)c2)=CCC1. The first kappa shape index (κ1) is 30.5. The predicted octanol–water partition coefficient (Wildman–Crippen LogP) is 11.6. The van der Waals surface area contributed by atoms with Gasteiger partial charge in [-0.1, -0.05) is 115 Å². The van der Waals surface area contributed by atoms with Crippen LogP contribution in [0.25, 0.3) is 16.7 Å². The summed E-state index contributed by atoms with van der Waals surface area (Å²) in [5.41, 5.74) is 18.4. The fourth-order valence-electron chi connectivity index (χ4n) is 9.27. The van der Waals surface area contributed by atoms with E-state index in [1.165, 1.54) is 56.3 Å². The summed E-state index contributed by atoms with van der Waals surface area (Å²) < 4.78 is 0. The van der Waals surface area contributed by atoms with Crippen molar-refractivity contribution in [2.24, 2.45) is 23.7 Å². The molecule has 0 aromatic heterocycles. The zero-order chi connectivity index (χ0) is 33.6. The molecule has 0 fully saturated rings. The van der Waals surface area contributed by atoms with E-state index in [2.05, 4.69) is 134 Å². The normalized spacial score (nSPS) is 26.2. The van der Waals surface area contributed by atoms with Crippen LogP contribution in [0.2, 0.25) is 0 Å². The zero-order valence-electron chi connectivity index (χ0n) is 28.3. The van der Waals surface area contributed by atoms with Crippen molar-refractivity contribution in [3.63, 3.8) is 0 Å². The lowest BCUT2D eigenvalue weighted by Crippen LogP contribution is -2.32. The Morgan fingerprint density at radius 1 is 0.620 bits per heavy atom. The van der Waals surface area contributed by atoms with E-state index in [-0.39, 0.29) is 5.92 Å². The van der Waals surface area contributed by atoms with Gasteiger partial charge < -0.3 is 5.41 Å². The summed E-state index contributed by atoms with van der Waals surface area (Å²) in [6, 6.07) is 19.8. The lowest BCUT2D eigenvalue weighted by atomic mass is 9.59. The number of benzene rings is 2. The molecule has 0 saturated heterocycles. The van der Waals surface area contributed by atoms with E-state index in [1.807, 2.05) is 6.07 Å². The first-order valence-electron chi connectivity index (χ1n) is 18.2. The second-order valence-electron chi connectivity index (χ2n) is 14.4. The van der Waals surface area contributed by atoms with Gasteiger partial charge in [0, 0.05) is 35.5 Å². The van der Waals surface area contributed by atoms with Crippen LogP contribution in [-0.2, 0) is 0 Å². The van der Waals surface area contributed by atoms with Crippen molar-refractivity contribution in [3.05, 3.63) is 195 Å². The third-order valence-corrected chi connectivity index (χ3v) is 11.6. The van der Waals surface area contributed by atoms with Gasteiger partial charge in [0.1, 0.15) is 0 Å². The molecule has 0 amide bonds. The number of nitrogens with zero attached hydrogens (tertiary/aromatic N) is 1. The van der Waals surface area contributed by atoms with E-state index in [0.29, 0.717) is 17.8 Å². The molecule has 0 radical (unpaired) electrons. The summed E-state index contributed by atoms with van der Waals surface area (Å²) in [4.78, 5) is 0. The molecule has 2 aromatic carbocycles. The molecular formula is C48H40N2. The number of fused-ring (bicyclic) bond motifs is 6. The highest BCUT2D eigenvalue weighted by Crippen LogP contribution is 2.56. The molecule has 0 bridgehead atoms. The minimum Gasteiger partial charge on any atom is -0.308 e. The molecule has 4 atom stereocenters. The molecule has 2 heteroatoms. The average Bonchev–Trinajstić information content (AvgIpc) is 3.20. The van der Waals surface area contributed by atoms with Gasteiger partial charge in [0.25, 0.3) is 0 Å². The maximum atomic E-state index is 9.58. The fraction of sp³-hybridized carbons (Fsp3) is 0.208. The van der Waals surface area contributed by atoms with Crippen molar-refractivity contribution in [2.45, 2.75) is 38.5 Å². The van der Waals surface area contributed by atoms with Crippen molar-refractivity contribution in [3.8, 4) is 6.07 Å². The van der Waals surface area contributed by atoms with Gasteiger partial charge in [-0.25, -0.2) is 0 Å². The van der Waals surface area contributed by atoms with Crippen molar-refractivity contribution in [1.82, 2.24) is 0 Å². The summed E-state index contributed by atoms with van der Waals surface area (Å²) in [5.74, 6) is 1.23. The molecule has 0 spiro atoms. The first-order chi connectivity index (χ1) is 24.7. The van der Waals surface area contributed by atoms with E-state index in [4.69, 9.17) is 5.41 Å². The van der Waals surface area contributed by atoms with Crippen LogP contribution in [-0.4, -0.2) is 6.21 Å². The molecule has 0 heterocycles. The lowest BCUT2D eigenvalue weighted by molar-refractivity contribution is 0.538. The largest absolute Gasteiger partial charge is 0.308 e. The number of nitrogens with one attached hydrogen (secondary N) is 1. The second-order valence-corrected chi connectivity index (χ2v) is 14.4. The van der Waals surface area contributed by atoms with Gasteiger partial charge in [-0.15, -0.1) is 0 Å². The van der Waals surface area contributed by atoms with E-state index >= 15 is 0 Å². The smallest absolute Gasteiger partial charge is 0.0947 e. The summed E-state index contributed by atoms with van der Waals surface area (Å²) in [6.07, 6.45) is 40.5. The van der Waals surface area contributed by atoms with Crippen LogP contribution in [0.15, 0.2) is 173 Å². The van der Waals surface area contributed by atoms with E-state index < -0.39 is 0 Å². The Labute approximate surface area is 295 Å². The third kappa shape index (κ3) is 5.30. The van der Waals surface area contributed by atoms with Crippen LogP contribution >= 0.6 is 0 Å². The van der Waals surface area contributed by atoms with Crippen LogP contribution in [0.3, 0.4) is 0 Å². The highest BCUT2D eigenvalue weighted by molar-refractivity contribution is 5.84. The highest BCUT2D eigenvalue weighted by Gasteiger charge is 2.42. The van der Waals surface area contributed by atoms with Crippen LogP contribution in [0.4, 0.5) is 0 Å². The number of hydrogen-bond donors (Lipinski definition) is 1. The Hall–Kier alpha value is -5.52. The first-order valence-corrected chi connectivity index (χ1v) is 18.2. The summed E-state index contributed by atoms with van der Waals surface area (Å²) in [7, 11) is 0. The Bertz CT molecular complexity index is 2250. The van der Waals surface area contributed by atoms with Gasteiger partial charge in [-0.3, -0.25) is 0 Å². The van der Waals surface area contributed by atoms with Gasteiger partial charge in [0.2, 0.25) is 0 Å². The van der Waals surface area contributed by atoms with E-state index in [9.17, 15) is 5.26 Å². The van der Waals surface area contributed by atoms with Crippen LogP contribution < -0.4 is 0 Å². The summed E-state index contributed by atoms with van der Waals surface area (Å²) in [5, 5.41) is 17.3. The lowest BCUT2D eigenvalue weighted by Gasteiger charge is -2.45. The standard InChI is InChI=1S/C48H40N2/c49-29-31-9-5-11-33(23-31)35-13-7-14-36(25-35)38-21-22-44-46(27-38)40-17-1-2-18-41(40)47-28-45(42-19-3-4-20-43(42)48(44)47)39-16-8-15-37(26-39)34-12-6-10-32(24-34)30-50/h1-5,8-9,11-13,15-20,23-29,40-43,49H,6-7,10,14,21-22H2. The van der Waals surface area contributed by atoms with Gasteiger partial charge in [0.15, 0.2) is 0 Å². The van der Waals surface area contributed by atoms with Crippen molar-refractivity contribution >= 4 is 22.9 Å². The molecule has 1 N–H and O–H groups in total. The van der Waals surface area contributed by atoms with Gasteiger partial charge in [0.05, 0.1) is 6.07 Å². The van der Waals surface area contributed by atoms with Gasteiger partial charge >= 0.3 is 0 Å². The molecule has 242 valence electrons. The van der Waals surface area contributed by atoms with Gasteiger partial charge in [-0.2, -0.15) is 5.26 Å². The minimum atomic E-state index is 0.281. The Morgan fingerprint density at radius 3 is 2.08 bits per heavy atom. The fourth-order valence-corrected chi connectivity index (χ4v) is 9.27. The number of nitriles is 1. The molecule has 50 heavy (non-hydrogen) atoms. The second kappa shape index (κ2) is 12.7. The van der Waals surface area contributed by atoms with Crippen LogP contribution in [0.1, 0.15) is 60.8 Å². The maximum Gasteiger partial charge on any atom is 0.0947 e. The summed E-state index contributed by atoms with van der Waals surface area (Å²) >= 11 is 0. The molecular weight excluding hydrogens is 605 g/mol. The highest BCUT2D eigenvalue weighted by atomic mass is 14.5. The molecule has 7 aliphatic carbocycles. The maximum absolute atomic E-state index is 9.58. The number of rotatable bonds is 5. The van der Waals surface area contributed by atoms with E-state index in [1.54, 1.807) is 11.1 Å².